The van der Waals surface area contributed by atoms with Crippen LogP contribution in [-0.2, 0) is 0 Å². The zero-order valence-electron chi connectivity index (χ0n) is 15.5. The van der Waals surface area contributed by atoms with E-state index in [1.54, 1.807) is 12.1 Å². The largest absolute Gasteiger partial charge is 0.484 e. The maximum Gasteiger partial charge on any atom is 0.311 e. The van der Waals surface area contributed by atoms with Gasteiger partial charge in [-0.3, -0.25) is 10.1 Å². The smallest absolute Gasteiger partial charge is 0.311 e. The molecule has 1 saturated carbocycles. The SMILES string of the molecule is CC(C)(C)NC[C@H](O)COc1ccc(C2CCCCC2)cc1[N+](=O)[O-]. The lowest BCUT2D eigenvalue weighted by molar-refractivity contribution is -0.386. The van der Waals surface area contributed by atoms with Gasteiger partial charge in [-0.05, 0) is 51.2 Å². The maximum absolute atomic E-state index is 11.4. The molecule has 0 bridgehead atoms. The summed E-state index contributed by atoms with van der Waals surface area (Å²) in [6.45, 7) is 6.42. The van der Waals surface area contributed by atoms with Crippen LogP contribution in [0.1, 0.15) is 64.4 Å². The van der Waals surface area contributed by atoms with E-state index in [2.05, 4.69) is 5.32 Å². The minimum Gasteiger partial charge on any atom is -0.484 e. The third-order valence-electron chi connectivity index (χ3n) is 4.56. The van der Waals surface area contributed by atoms with Crippen LogP contribution in [0.15, 0.2) is 18.2 Å². The van der Waals surface area contributed by atoms with Crippen LogP contribution in [0.3, 0.4) is 0 Å². The van der Waals surface area contributed by atoms with Crippen LogP contribution in [0.5, 0.6) is 5.75 Å². The van der Waals surface area contributed by atoms with Crippen LogP contribution in [0.2, 0.25) is 0 Å². The Balaban J connectivity index is 2.01. The van der Waals surface area contributed by atoms with Gasteiger partial charge < -0.3 is 15.2 Å². The molecule has 1 aromatic rings. The third-order valence-corrected chi connectivity index (χ3v) is 4.56. The summed E-state index contributed by atoms with van der Waals surface area (Å²) in [7, 11) is 0. The van der Waals surface area contributed by atoms with E-state index in [-0.39, 0.29) is 23.6 Å². The molecule has 0 aliphatic heterocycles. The fourth-order valence-corrected chi connectivity index (χ4v) is 3.16. The minimum atomic E-state index is -0.725. The first-order chi connectivity index (χ1) is 11.8. The molecule has 2 N–H and O–H groups in total. The molecule has 1 aliphatic rings. The van der Waals surface area contributed by atoms with E-state index in [0.29, 0.717) is 12.5 Å². The van der Waals surface area contributed by atoms with Crippen LogP contribution in [0.25, 0.3) is 0 Å². The average Bonchev–Trinajstić information content (AvgIpc) is 2.58. The van der Waals surface area contributed by atoms with E-state index >= 15 is 0 Å². The van der Waals surface area contributed by atoms with Gasteiger partial charge in [-0.2, -0.15) is 0 Å². The fraction of sp³-hybridized carbons (Fsp3) is 0.684. The first-order valence-corrected chi connectivity index (χ1v) is 9.10. The molecule has 140 valence electrons. The first-order valence-electron chi connectivity index (χ1n) is 9.10. The Kier molecular flexibility index (Phi) is 6.79. The van der Waals surface area contributed by atoms with Crippen molar-refractivity contribution in [3.8, 4) is 5.75 Å². The van der Waals surface area contributed by atoms with Crippen molar-refractivity contribution in [1.29, 1.82) is 0 Å². The number of hydrogen-bond donors (Lipinski definition) is 2. The van der Waals surface area contributed by atoms with Crippen molar-refractivity contribution in [2.75, 3.05) is 13.2 Å². The van der Waals surface area contributed by atoms with Crippen LogP contribution >= 0.6 is 0 Å². The zero-order valence-corrected chi connectivity index (χ0v) is 15.5. The zero-order chi connectivity index (χ0) is 18.4. The summed E-state index contributed by atoms with van der Waals surface area (Å²) in [5, 5.41) is 24.6. The first kappa shape index (κ1) is 19.7. The Hall–Kier alpha value is -1.66. The molecule has 1 aliphatic carbocycles. The Bertz CT molecular complexity index is 577. The molecule has 1 aromatic carbocycles. The second-order valence-corrected chi connectivity index (χ2v) is 7.91. The Labute approximate surface area is 149 Å². The number of hydrogen-bond acceptors (Lipinski definition) is 5. The predicted molar refractivity (Wildman–Crippen MR) is 98.2 cm³/mol. The van der Waals surface area contributed by atoms with Gasteiger partial charge in [-0.1, -0.05) is 25.3 Å². The predicted octanol–water partition coefficient (Wildman–Crippen LogP) is 3.77. The number of aliphatic hydroxyl groups excluding tert-OH is 1. The highest BCUT2D eigenvalue weighted by molar-refractivity contribution is 5.49. The number of nitrogens with one attached hydrogen (secondary N) is 1. The average molecular weight is 350 g/mol. The maximum atomic E-state index is 11.4. The molecular formula is C19H30N2O4. The van der Waals surface area contributed by atoms with Crippen LogP contribution in [-0.4, -0.2) is 34.8 Å². The molecule has 0 spiro atoms. The molecule has 0 aromatic heterocycles. The highest BCUT2D eigenvalue weighted by atomic mass is 16.6. The van der Waals surface area contributed by atoms with Gasteiger partial charge in [0.15, 0.2) is 5.75 Å². The van der Waals surface area contributed by atoms with Gasteiger partial charge in [-0.15, -0.1) is 0 Å². The molecule has 0 amide bonds. The molecule has 6 heteroatoms. The number of benzene rings is 1. The number of nitro groups is 1. The van der Waals surface area contributed by atoms with Crippen molar-refractivity contribution < 1.29 is 14.8 Å². The quantitative estimate of drug-likeness (QED) is 0.577. The van der Waals surface area contributed by atoms with Crippen molar-refractivity contribution in [2.24, 2.45) is 0 Å². The Morgan fingerprint density at radius 3 is 2.60 bits per heavy atom. The van der Waals surface area contributed by atoms with Crippen molar-refractivity contribution in [3.05, 3.63) is 33.9 Å². The summed E-state index contributed by atoms with van der Waals surface area (Å²) in [5.41, 5.74) is 0.905. The highest BCUT2D eigenvalue weighted by Crippen LogP contribution is 2.37. The lowest BCUT2D eigenvalue weighted by atomic mass is 9.84. The van der Waals surface area contributed by atoms with Crippen molar-refractivity contribution in [1.82, 2.24) is 5.32 Å². The number of β-amino-alcohol motifs (C(OH)–C–C–N with tert-alkyl or cyclic N) is 1. The van der Waals surface area contributed by atoms with Crippen LogP contribution < -0.4 is 10.1 Å². The molecule has 0 heterocycles. The molecule has 0 saturated heterocycles. The minimum absolute atomic E-state index is 0.0148. The van der Waals surface area contributed by atoms with Crippen LogP contribution in [0.4, 0.5) is 5.69 Å². The van der Waals surface area contributed by atoms with E-state index in [0.717, 1.165) is 18.4 Å². The summed E-state index contributed by atoms with van der Waals surface area (Å²) in [4.78, 5) is 11.0. The molecule has 2 rings (SSSR count). The second kappa shape index (κ2) is 8.63. The standard InChI is InChI=1S/C19H30N2O4/c1-19(2,3)20-12-16(22)13-25-18-10-9-15(11-17(18)21(23)24)14-7-5-4-6-8-14/h9-11,14,16,20,22H,4-8,12-13H2,1-3H3/t16-/m0/s1. The summed E-state index contributed by atoms with van der Waals surface area (Å²) >= 11 is 0. The van der Waals surface area contributed by atoms with Gasteiger partial charge >= 0.3 is 5.69 Å². The van der Waals surface area contributed by atoms with Gasteiger partial charge in [0, 0.05) is 18.2 Å². The normalized spacial score (nSPS) is 17.3. The Morgan fingerprint density at radius 1 is 1.32 bits per heavy atom. The van der Waals surface area contributed by atoms with Gasteiger partial charge in [-0.25, -0.2) is 0 Å². The third kappa shape index (κ3) is 6.29. The number of nitro benzene ring substituents is 1. The molecule has 25 heavy (non-hydrogen) atoms. The van der Waals surface area contributed by atoms with E-state index in [1.807, 2.05) is 26.8 Å². The van der Waals surface area contributed by atoms with Crippen molar-refractivity contribution in [3.63, 3.8) is 0 Å². The number of rotatable bonds is 7. The summed E-state index contributed by atoms with van der Waals surface area (Å²) in [6, 6.07) is 5.25. The molecule has 1 fully saturated rings. The molecule has 0 unspecified atom stereocenters. The summed E-state index contributed by atoms with van der Waals surface area (Å²) < 4.78 is 5.54. The van der Waals surface area contributed by atoms with Crippen LogP contribution in [0, 0.1) is 10.1 Å². The fourth-order valence-electron chi connectivity index (χ4n) is 3.16. The molecule has 0 radical (unpaired) electrons. The van der Waals surface area contributed by atoms with Gasteiger partial charge in [0.25, 0.3) is 0 Å². The summed E-state index contributed by atoms with van der Waals surface area (Å²) in [5.74, 6) is 0.627. The number of ether oxygens (including phenoxy) is 1. The molecular weight excluding hydrogens is 320 g/mol. The highest BCUT2D eigenvalue weighted by Gasteiger charge is 2.22. The number of nitrogens with zero attached hydrogens (tertiary/aromatic N) is 1. The lowest BCUT2D eigenvalue weighted by Crippen LogP contribution is -2.42. The summed E-state index contributed by atoms with van der Waals surface area (Å²) in [6.07, 6.45) is 5.08. The van der Waals surface area contributed by atoms with E-state index in [9.17, 15) is 15.2 Å². The van der Waals surface area contributed by atoms with Gasteiger partial charge in [0.05, 0.1) is 4.92 Å². The lowest BCUT2D eigenvalue weighted by Gasteiger charge is -2.23. The van der Waals surface area contributed by atoms with Crippen molar-refractivity contribution in [2.45, 2.75) is 70.4 Å². The van der Waals surface area contributed by atoms with Crippen molar-refractivity contribution >= 4 is 5.69 Å². The molecule has 6 nitrogen and oxygen atoms in total. The molecule has 1 atom stereocenters. The Morgan fingerprint density at radius 2 is 2.00 bits per heavy atom. The van der Waals surface area contributed by atoms with E-state index in [4.69, 9.17) is 4.74 Å². The van der Waals surface area contributed by atoms with E-state index < -0.39 is 11.0 Å². The second-order valence-electron chi connectivity index (χ2n) is 7.91. The number of aliphatic hydroxyl groups is 1. The van der Waals surface area contributed by atoms with Gasteiger partial charge in [0.1, 0.15) is 12.7 Å². The topological polar surface area (TPSA) is 84.6 Å². The monoisotopic (exact) mass is 350 g/mol. The van der Waals surface area contributed by atoms with Gasteiger partial charge in [0.2, 0.25) is 0 Å². The van der Waals surface area contributed by atoms with E-state index in [1.165, 1.54) is 19.3 Å².